The zero-order valence-electron chi connectivity index (χ0n) is 8.73. The van der Waals surface area contributed by atoms with Gasteiger partial charge in [-0.1, -0.05) is 0 Å². The molecule has 0 bridgehead atoms. The first-order chi connectivity index (χ1) is 7.00. The molecule has 0 saturated carbocycles. The van der Waals surface area contributed by atoms with E-state index in [1.165, 1.54) is 19.2 Å². The summed E-state index contributed by atoms with van der Waals surface area (Å²) in [5.41, 5.74) is 6.79. The molecule has 1 heterocycles. The summed E-state index contributed by atoms with van der Waals surface area (Å²) < 4.78 is 4.84. The van der Waals surface area contributed by atoms with Gasteiger partial charge in [0.15, 0.2) is 0 Å². The molecule has 1 unspecified atom stereocenters. The van der Waals surface area contributed by atoms with Crippen molar-refractivity contribution in [2.75, 3.05) is 12.3 Å². The lowest BCUT2D eigenvalue weighted by Gasteiger charge is -2.08. The van der Waals surface area contributed by atoms with Gasteiger partial charge in [0.25, 0.3) is 0 Å². The number of pyridine rings is 1. The fraction of sp³-hybridized carbons (Fsp3) is 0.400. The van der Waals surface area contributed by atoms with Gasteiger partial charge < -0.3 is 15.6 Å². The second kappa shape index (κ2) is 4.75. The number of aliphatic hydroxyl groups is 1. The van der Waals surface area contributed by atoms with Crippen molar-refractivity contribution >= 4 is 11.7 Å². The van der Waals surface area contributed by atoms with Gasteiger partial charge in [-0.25, -0.2) is 4.79 Å². The molecule has 3 N–H and O–H groups in total. The maximum absolute atomic E-state index is 11.5. The summed E-state index contributed by atoms with van der Waals surface area (Å²) in [5, 5.41) is 8.95. The Kier molecular flexibility index (Phi) is 3.62. The predicted octanol–water partition coefficient (Wildman–Crippen LogP) is 0.510. The van der Waals surface area contributed by atoms with E-state index in [0.717, 1.165) is 0 Å². The van der Waals surface area contributed by atoms with Crippen LogP contribution in [-0.2, 0) is 4.74 Å². The van der Waals surface area contributed by atoms with E-state index in [2.05, 4.69) is 4.98 Å². The predicted molar refractivity (Wildman–Crippen MR) is 55.3 cm³/mol. The number of esters is 1. The van der Waals surface area contributed by atoms with Crippen molar-refractivity contribution < 1.29 is 14.6 Å². The zero-order chi connectivity index (χ0) is 11.4. The average molecular weight is 210 g/mol. The van der Waals surface area contributed by atoms with Crippen LogP contribution < -0.4 is 5.73 Å². The maximum atomic E-state index is 11.5. The number of hydrogen-bond donors (Lipinski definition) is 2. The number of rotatable bonds is 3. The lowest BCUT2D eigenvalue weighted by atomic mass is 10.2. The third-order valence-corrected chi connectivity index (χ3v) is 1.78. The first-order valence-corrected chi connectivity index (χ1v) is 4.58. The van der Waals surface area contributed by atoms with Crippen molar-refractivity contribution in [3.8, 4) is 0 Å². The number of anilines is 1. The summed E-state index contributed by atoms with van der Waals surface area (Å²) in [5.74, 6) is -0.520. The van der Waals surface area contributed by atoms with Crippen LogP contribution >= 0.6 is 0 Å². The molecule has 0 radical (unpaired) electrons. The van der Waals surface area contributed by atoms with Crippen LogP contribution in [0.2, 0.25) is 0 Å². The van der Waals surface area contributed by atoms with Gasteiger partial charge in [-0.15, -0.1) is 0 Å². The summed E-state index contributed by atoms with van der Waals surface area (Å²) in [6, 6.07) is 1.51. The summed E-state index contributed by atoms with van der Waals surface area (Å²) in [4.78, 5) is 15.4. The number of nitrogens with zero attached hydrogens (tertiary/aromatic N) is 1. The number of aliphatic hydroxyl groups excluding tert-OH is 1. The maximum Gasteiger partial charge on any atom is 0.340 e. The van der Waals surface area contributed by atoms with Gasteiger partial charge in [0, 0.05) is 0 Å². The normalized spacial score (nSPS) is 12.2. The van der Waals surface area contributed by atoms with Crippen LogP contribution in [0, 0.1) is 6.92 Å². The molecule has 0 amide bonds. The number of carbonyl (C=O) groups is 1. The van der Waals surface area contributed by atoms with Crippen molar-refractivity contribution in [3.63, 3.8) is 0 Å². The molecule has 1 atom stereocenters. The Morgan fingerprint density at radius 3 is 3.00 bits per heavy atom. The highest BCUT2D eigenvalue weighted by molar-refractivity contribution is 5.91. The SMILES string of the molecule is Cc1ncc(N)cc1C(=O)OCC(C)O. The Morgan fingerprint density at radius 2 is 2.40 bits per heavy atom. The zero-order valence-corrected chi connectivity index (χ0v) is 8.73. The number of aromatic nitrogens is 1. The Labute approximate surface area is 87.9 Å². The number of nitrogen functional groups attached to an aromatic ring is 1. The van der Waals surface area contributed by atoms with Crippen LogP contribution in [0.3, 0.4) is 0 Å². The molecule has 1 rings (SSSR count). The number of carbonyl (C=O) groups excluding carboxylic acids is 1. The van der Waals surface area contributed by atoms with Crippen molar-refractivity contribution in [1.82, 2.24) is 4.98 Å². The third kappa shape index (κ3) is 3.21. The Balaban J connectivity index is 2.77. The minimum absolute atomic E-state index is 0.0347. The fourth-order valence-corrected chi connectivity index (χ4v) is 1.03. The van der Waals surface area contributed by atoms with E-state index in [1.807, 2.05) is 0 Å². The van der Waals surface area contributed by atoms with Crippen molar-refractivity contribution in [1.29, 1.82) is 0 Å². The van der Waals surface area contributed by atoms with E-state index < -0.39 is 12.1 Å². The number of ether oxygens (including phenoxy) is 1. The van der Waals surface area contributed by atoms with Crippen LogP contribution in [0.1, 0.15) is 23.0 Å². The van der Waals surface area contributed by atoms with E-state index in [4.69, 9.17) is 15.6 Å². The number of aryl methyl sites for hydroxylation is 1. The smallest absolute Gasteiger partial charge is 0.340 e. The van der Waals surface area contributed by atoms with Gasteiger partial charge in [-0.2, -0.15) is 0 Å². The molecule has 82 valence electrons. The monoisotopic (exact) mass is 210 g/mol. The molecule has 1 aromatic heterocycles. The molecule has 1 aromatic rings. The molecule has 5 nitrogen and oxygen atoms in total. The summed E-state index contributed by atoms with van der Waals surface area (Å²) >= 11 is 0. The van der Waals surface area contributed by atoms with Crippen LogP contribution in [0.5, 0.6) is 0 Å². The van der Waals surface area contributed by atoms with E-state index >= 15 is 0 Å². The van der Waals surface area contributed by atoms with E-state index in [9.17, 15) is 4.79 Å². The molecule has 0 aliphatic carbocycles. The highest BCUT2D eigenvalue weighted by Crippen LogP contribution is 2.10. The number of nitrogens with two attached hydrogens (primary N) is 1. The third-order valence-electron chi connectivity index (χ3n) is 1.78. The van der Waals surface area contributed by atoms with Crippen LogP contribution in [0.15, 0.2) is 12.3 Å². The lowest BCUT2D eigenvalue weighted by Crippen LogP contribution is -2.16. The Morgan fingerprint density at radius 1 is 1.73 bits per heavy atom. The fourth-order valence-electron chi connectivity index (χ4n) is 1.03. The number of hydrogen-bond acceptors (Lipinski definition) is 5. The molecular weight excluding hydrogens is 196 g/mol. The largest absolute Gasteiger partial charge is 0.459 e. The molecule has 0 saturated heterocycles. The average Bonchev–Trinajstić information content (AvgIpc) is 2.18. The second-order valence-electron chi connectivity index (χ2n) is 3.35. The van der Waals surface area contributed by atoms with Crippen molar-refractivity contribution in [2.45, 2.75) is 20.0 Å². The molecule has 0 fully saturated rings. The van der Waals surface area contributed by atoms with Crippen molar-refractivity contribution in [3.05, 3.63) is 23.5 Å². The molecule has 0 spiro atoms. The molecule has 5 heteroatoms. The van der Waals surface area contributed by atoms with Gasteiger partial charge in [0.05, 0.1) is 29.2 Å². The van der Waals surface area contributed by atoms with E-state index in [0.29, 0.717) is 16.9 Å². The van der Waals surface area contributed by atoms with Crippen molar-refractivity contribution in [2.24, 2.45) is 0 Å². The van der Waals surface area contributed by atoms with Crippen LogP contribution in [-0.4, -0.2) is 28.8 Å². The Bertz CT molecular complexity index is 364. The van der Waals surface area contributed by atoms with Gasteiger partial charge in [0.2, 0.25) is 0 Å². The first kappa shape index (κ1) is 11.5. The lowest BCUT2D eigenvalue weighted by molar-refractivity contribution is 0.0295. The highest BCUT2D eigenvalue weighted by Gasteiger charge is 2.12. The summed E-state index contributed by atoms with van der Waals surface area (Å²) in [6.45, 7) is 3.20. The molecule has 15 heavy (non-hydrogen) atoms. The minimum Gasteiger partial charge on any atom is -0.459 e. The van der Waals surface area contributed by atoms with Crippen LogP contribution in [0.4, 0.5) is 5.69 Å². The van der Waals surface area contributed by atoms with Gasteiger partial charge in [0.1, 0.15) is 6.61 Å². The Hall–Kier alpha value is -1.62. The molecule has 0 aliphatic heterocycles. The van der Waals surface area contributed by atoms with Crippen LogP contribution in [0.25, 0.3) is 0 Å². The van der Waals surface area contributed by atoms with E-state index in [-0.39, 0.29) is 6.61 Å². The molecule has 0 aliphatic rings. The van der Waals surface area contributed by atoms with Gasteiger partial charge in [-0.05, 0) is 19.9 Å². The second-order valence-corrected chi connectivity index (χ2v) is 3.35. The minimum atomic E-state index is -0.678. The topological polar surface area (TPSA) is 85.4 Å². The summed E-state index contributed by atoms with van der Waals surface area (Å²) in [7, 11) is 0. The van der Waals surface area contributed by atoms with Gasteiger partial charge in [-0.3, -0.25) is 4.98 Å². The quantitative estimate of drug-likeness (QED) is 0.710. The molecular formula is C10H14N2O3. The first-order valence-electron chi connectivity index (χ1n) is 4.58. The summed E-state index contributed by atoms with van der Waals surface area (Å²) in [6.07, 6.45) is 0.795. The van der Waals surface area contributed by atoms with E-state index in [1.54, 1.807) is 6.92 Å². The standard InChI is InChI=1S/C10H14N2O3/c1-6(13)5-15-10(14)9-3-8(11)4-12-7(9)2/h3-4,6,13H,5,11H2,1-2H3. The molecule has 0 aromatic carbocycles. The highest BCUT2D eigenvalue weighted by atomic mass is 16.5. The van der Waals surface area contributed by atoms with Gasteiger partial charge >= 0.3 is 5.97 Å².